The molecular formula is C28H38N2O3. The molecule has 1 amide bonds. The van der Waals surface area contributed by atoms with Gasteiger partial charge in [-0.15, -0.1) is 0 Å². The summed E-state index contributed by atoms with van der Waals surface area (Å²) in [7, 11) is 0. The van der Waals surface area contributed by atoms with Gasteiger partial charge in [0.15, 0.2) is 6.61 Å². The van der Waals surface area contributed by atoms with Crippen LogP contribution < -0.4 is 5.32 Å². The molecule has 2 aliphatic carbocycles. The Balaban J connectivity index is 1.54. The van der Waals surface area contributed by atoms with Gasteiger partial charge >= 0.3 is 5.97 Å². The van der Waals surface area contributed by atoms with Crippen LogP contribution in [0.5, 0.6) is 0 Å². The van der Waals surface area contributed by atoms with Gasteiger partial charge in [0, 0.05) is 17.1 Å². The molecule has 1 fully saturated rings. The molecule has 1 aromatic carbocycles. The van der Waals surface area contributed by atoms with Crippen molar-refractivity contribution < 1.29 is 14.3 Å². The number of nitrogens with one attached hydrogen (secondary N) is 1. The van der Waals surface area contributed by atoms with Crippen LogP contribution in [-0.4, -0.2) is 29.5 Å². The van der Waals surface area contributed by atoms with E-state index >= 15 is 0 Å². The highest BCUT2D eigenvalue weighted by atomic mass is 16.5. The fraction of sp³-hybridized carbons (Fsp3) is 0.607. The molecule has 178 valence electrons. The quantitative estimate of drug-likeness (QED) is 0.626. The van der Waals surface area contributed by atoms with Gasteiger partial charge in [0.2, 0.25) is 0 Å². The first kappa shape index (κ1) is 23.7. The lowest BCUT2D eigenvalue weighted by Gasteiger charge is -2.35. The van der Waals surface area contributed by atoms with Gasteiger partial charge in [-0.05, 0) is 60.5 Å². The zero-order valence-corrected chi connectivity index (χ0v) is 20.7. The highest BCUT2D eigenvalue weighted by Crippen LogP contribution is 2.39. The summed E-state index contributed by atoms with van der Waals surface area (Å²) in [5.41, 5.74) is 3.55. The van der Waals surface area contributed by atoms with Crippen LogP contribution in [0.1, 0.15) is 81.9 Å². The minimum Gasteiger partial charge on any atom is -0.452 e. The smallest absolute Gasteiger partial charge is 0.339 e. The lowest BCUT2D eigenvalue weighted by atomic mass is 9.70. The fourth-order valence-electron chi connectivity index (χ4n) is 5.60. The van der Waals surface area contributed by atoms with Crippen molar-refractivity contribution in [1.82, 2.24) is 10.3 Å². The highest BCUT2D eigenvalue weighted by molar-refractivity contribution is 6.05. The first-order valence-electron chi connectivity index (χ1n) is 12.5. The Morgan fingerprint density at radius 3 is 2.64 bits per heavy atom. The van der Waals surface area contributed by atoms with E-state index in [0.717, 1.165) is 54.3 Å². The summed E-state index contributed by atoms with van der Waals surface area (Å²) in [5, 5.41) is 3.91. The average Bonchev–Trinajstić information content (AvgIpc) is 2.78. The summed E-state index contributed by atoms with van der Waals surface area (Å²) in [4.78, 5) is 30.9. The van der Waals surface area contributed by atoms with Crippen molar-refractivity contribution in [2.75, 3.05) is 6.61 Å². The second-order valence-corrected chi connectivity index (χ2v) is 11.3. The third-order valence-electron chi connectivity index (χ3n) is 8.08. The van der Waals surface area contributed by atoms with Crippen LogP contribution in [0.3, 0.4) is 0 Å². The molecule has 4 rings (SSSR count). The summed E-state index contributed by atoms with van der Waals surface area (Å²) in [5.74, 6) is 0.868. The van der Waals surface area contributed by atoms with Crippen LogP contribution in [0.25, 0.3) is 10.9 Å². The molecule has 33 heavy (non-hydrogen) atoms. The largest absolute Gasteiger partial charge is 0.452 e. The number of esters is 1. The molecular weight excluding hydrogens is 412 g/mol. The molecule has 0 saturated heterocycles. The average molecular weight is 451 g/mol. The zero-order valence-electron chi connectivity index (χ0n) is 20.7. The third kappa shape index (κ3) is 5.07. The van der Waals surface area contributed by atoms with Gasteiger partial charge in [-0.3, -0.25) is 9.78 Å². The van der Waals surface area contributed by atoms with Gasteiger partial charge in [-0.1, -0.05) is 65.7 Å². The van der Waals surface area contributed by atoms with Crippen molar-refractivity contribution in [3.63, 3.8) is 0 Å². The number of fused-ring (bicyclic) bond motifs is 2. The summed E-state index contributed by atoms with van der Waals surface area (Å²) < 4.78 is 5.61. The Morgan fingerprint density at radius 1 is 1.12 bits per heavy atom. The van der Waals surface area contributed by atoms with Gasteiger partial charge in [-0.2, -0.15) is 0 Å². The summed E-state index contributed by atoms with van der Waals surface area (Å²) in [6, 6.07) is 7.90. The number of carbonyl (C=O) groups is 2. The predicted molar refractivity (Wildman–Crippen MR) is 131 cm³/mol. The number of nitrogens with zero attached hydrogens (tertiary/aromatic N) is 1. The first-order chi connectivity index (χ1) is 15.6. The van der Waals surface area contributed by atoms with Gasteiger partial charge in [0.25, 0.3) is 5.91 Å². The van der Waals surface area contributed by atoms with E-state index in [1.165, 1.54) is 6.42 Å². The van der Waals surface area contributed by atoms with Crippen molar-refractivity contribution >= 4 is 22.8 Å². The van der Waals surface area contributed by atoms with E-state index in [4.69, 9.17) is 9.72 Å². The molecule has 2 aromatic rings. The van der Waals surface area contributed by atoms with E-state index in [0.29, 0.717) is 23.3 Å². The van der Waals surface area contributed by atoms with Gasteiger partial charge in [-0.25, -0.2) is 4.79 Å². The number of carbonyl (C=O) groups excluding carboxylic acids is 2. The number of hydrogen-bond acceptors (Lipinski definition) is 4. The number of benzene rings is 1. The predicted octanol–water partition coefficient (Wildman–Crippen LogP) is 5.48. The lowest BCUT2D eigenvalue weighted by molar-refractivity contribution is -0.125. The Kier molecular flexibility index (Phi) is 6.78. The van der Waals surface area contributed by atoms with Crippen molar-refractivity contribution in [2.24, 2.45) is 23.2 Å². The molecule has 5 nitrogen and oxygen atoms in total. The SMILES string of the molecule is CC1CCCC(NC(=O)COC(=O)c2c3c(nc4ccccc24)CCC(C(C)(C)C)C3)C1C. The molecule has 1 heterocycles. The standard InChI is InChI=1S/C28H38N2O3/c1-17-9-8-12-22(18(17)2)30-25(31)16-33-27(32)26-20-10-6-7-11-23(20)29-24-14-13-19(15-21(24)26)28(3,4)5/h6-7,10-11,17-19,22H,8-9,12-16H2,1-5H3,(H,30,31). The van der Waals surface area contributed by atoms with E-state index in [2.05, 4.69) is 39.9 Å². The van der Waals surface area contributed by atoms with Crippen LogP contribution in [0.2, 0.25) is 0 Å². The fourth-order valence-corrected chi connectivity index (χ4v) is 5.60. The maximum Gasteiger partial charge on any atom is 0.339 e. The van der Waals surface area contributed by atoms with E-state index in [-0.39, 0.29) is 24.0 Å². The normalized spacial score (nSPS) is 25.4. The van der Waals surface area contributed by atoms with E-state index in [9.17, 15) is 9.59 Å². The Hall–Kier alpha value is -2.43. The maximum absolute atomic E-state index is 13.4. The maximum atomic E-state index is 13.4. The molecule has 0 radical (unpaired) electrons. The number of aryl methyl sites for hydroxylation is 1. The molecule has 2 aliphatic rings. The van der Waals surface area contributed by atoms with Crippen LogP contribution in [-0.2, 0) is 22.4 Å². The van der Waals surface area contributed by atoms with Gasteiger partial charge in [0.05, 0.1) is 11.1 Å². The first-order valence-corrected chi connectivity index (χ1v) is 12.5. The zero-order chi connectivity index (χ0) is 23.8. The summed E-state index contributed by atoms with van der Waals surface area (Å²) in [6.45, 7) is 11.0. The number of aromatic nitrogens is 1. The molecule has 0 spiro atoms. The van der Waals surface area contributed by atoms with Crippen molar-refractivity contribution in [3.8, 4) is 0 Å². The number of rotatable bonds is 4. The van der Waals surface area contributed by atoms with Gasteiger partial charge < -0.3 is 10.1 Å². The van der Waals surface area contributed by atoms with E-state index in [1.807, 2.05) is 24.3 Å². The number of pyridine rings is 1. The Bertz CT molecular complexity index is 1040. The molecule has 0 aliphatic heterocycles. The number of ether oxygens (including phenoxy) is 1. The third-order valence-corrected chi connectivity index (χ3v) is 8.08. The topological polar surface area (TPSA) is 68.3 Å². The molecule has 4 unspecified atom stereocenters. The molecule has 1 N–H and O–H groups in total. The molecule has 1 aromatic heterocycles. The van der Waals surface area contributed by atoms with Crippen LogP contribution in [0.4, 0.5) is 0 Å². The summed E-state index contributed by atoms with van der Waals surface area (Å²) >= 11 is 0. The number of para-hydroxylation sites is 1. The minimum absolute atomic E-state index is 0.151. The van der Waals surface area contributed by atoms with Crippen LogP contribution >= 0.6 is 0 Å². The van der Waals surface area contributed by atoms with Crippen molar-refractivity contribution in [3.05, 3.63) is 41.1 Å². The molecule has 1 saturated carbocycles. The second-order valence-electron chi connectivity index (χ2n) is 11.3. The Morgan fingerprint density at radius 2 is 1.88 bits per heavy atom. The van der Waals surface area contributed by atoms with Crippen molar-refractivity contribution in [1.29, 1.82) is 0 Å². The monoisotopic (exact) mass is 450 g/mol. The molecule has 4 atom stereocenters. The molecule has 5 heteroatoms. The highest BCUT2D eigenvalue weighted by Gasteiger charge is 2.33. The van der Waals surface area contributed by atoms with E-state index < -0.39 is 5.97 Å². The summed E-state index contributed by atoms with van der Waals surface area (Å²) in [6.07, 6.45) is 6.06. The molecule has 0 bridgehead atoms. The number of hydrogen-bond donors (Lipinski definition) is 1. The second kappa shape index (κ2) is 9.44. The van der Waals surface area contributed by atoms with Crippen LogP contribution in [0, 0.1) is 23.2 Å². The van der Waals surface area contributed by atoms with Crippen LogP contribution in [0.15, 0.2) is 24.3 Å². The Labute approximate surface area is 197 Å². The lowest BCUT2D eigenvalue weighted by Crippen LogP contribution is -2.45. The van der Waals surface area contributed by atoms with Gasteiger partial charge in [0.1, 0.15) is 0 Å². The van der Waals surface area contributed by atoms with Crippen molar-refractivity contribution in [2.45, 2.75) is 79.2 Å². The number of amides is 1. The van der Waals surface area contributed by atoms with E-state index in [1.54, 1.807) is 0 Å². The minimum atomic E-state index is -0.417.